The molecule has 70 valence electrons. The molecule has 2 aromatic rings. The highest BCUT2D eigenvalue weighted by Gasteiger charge is 2.30. The van der Waals surface area contributed by atoms with Crippen LogP contribution >= 0.6 is 0 Å². The third-order valence-electron chi connectivity index (χ3n) is 2.75. The first-order valence-electron chi connectivity index (χ1n) is 4.57. The minimum Gasteiger partial charge on any atom is -0.260 e. The second-order valence-electron chi connectivity index (χ2n) is 3.50. The van der Waals surface area contributed by atoms with Gasteiger partial charge >= 0.3 is 0 Å². The summed E-state index contributed by atoms with van der Waals surface area (Å²) in [5, 5.41) is 10.9. The van der Waals surface area contributed by atoms with E-state index in [0.717, 1.165) is 22.0 Å². The van der Waals surface area contributed by atoms with Crippen molar-refractivity contribution in [3.63, 3.8) is 0 Å². The highest BCUT2D eigenvalue weighted by molar-refractivity contribution is 5.87. The fraction of sp³-hybridized carbons (Fsp3) is 0.182. The van der Waals surface area contributed by atoms with E-state index in [0.29, 0.717) is 6.42 Å². The number of fused-ring (bicyclic) bond motifs is 3. The van der Waals surface area contributed by atoms with Crippen molar-refractivity contribution in [2.24, 2.45) is 0 Å². The molecule has 0 bridgehead atoms. The first kappa shape index (κ1) is 7.91. The van der Waals surface area contributed by atoms with E-state index in [-0.39, 0.29) is 6.10 Å². The zero-order valence-corrected chi connectivity index (χ0v) is 7.47. The molecule has 0 fully saturated rings. The molecule has 0 amide bonds. The Morgan fingerprint density at radius 1 is 1.36 bits per heavy atom. The number of pyridine rings is 1. The second-order valence-corrected chi connectivity index (χ2v) is 3.50. The van der Waals surface area contributed by atoms with Crippen molar-refractivity contribution in [2.45, 2.75) is 12.5 Å². The van der Waals surface area contributed by atoms with E-state index >= 15 is 0 Å². The molecule has 14 heavy (non-hydrogen) atoms. The number of benzene rings is 1. The minimum atomic E-state index is -0.191. The Bertz CT molecular complexity index is 496. The molecule has 0 aliphatic heterocycles. The maximum Gasteiger partial charge on any atom is 0.126 e. The van der Waals surface area contributed by atoms with Crippen LogP contribution in [0.25, 0.3) is 10.8 Å². The average Bonchev–Trinajstić information content (AvgIpc) is 2.18. The lowest BCUT2D eigenvalue weighted by atomic mass is 9.86. The smallest absolute Gasteiger partial charge is 0.126 e. The molecule has 0 saturated carbocycles. The van der Waals surface area contributed by atoms with Crippen molar-refractivity contribution in [1.82, 2.24) is 4.98 Å². The Morgan fingerprint density at radius 3 is 3.07 bits per heavy atom. The first-order chi connectivity index (χ1) is 6.90. The third kappa shape index (κ3) is 0.908. The van der Waals surface area contributed by atoms with Crippen LogP contribution in [0.4, 0.5) is 0 Å². The Hall–Kier alpha value is -1.45. The van der Waals surface area contributed by atoms with Crippen LogP contribution in [0.5, 0.6) is 0 Å². The number of nitrogens with zero attached hydrogens (tertiary/aromatic N) is 1. The summed E-state index contributed by atoms with van der Waals surface area (Å²) < 4.78 is 0. The van der Waals surface area contributed by atoms with Gasteiger partial charge in [-0.3, -0.25) is 10.2 Å². The maximum atomic E-state index is 8.66. The molecule has 0 spiro atoms. The van der Waals surface area contributed by atoms with Crippen molar-refractivity contribution < 1.29 is 10.1 Å². The fourth-order valence-electron chi connectivity index (χ4n) is 1.99. The molecule has 1 atom stereocenters. The molecule has 3 heteroatoms. The average molecular weight is 187 g/mol. The van der Waals surface area contributed by atoms with Gasteiger partial charge in [0.25, 0.3) is 0 Å². The summed E-state index contributed by atoms with van der Waals surface area (Å²) in [5.41, 5.74) is 2.06. The van der Waals surface area contributed by atoms with Gasteiger partial charge in [0.15, 0.2) is 0 Å². The third-order valence-corrected chi connectivity index (χ3v) is 2.75. The molecular formula is C11H9NO2. The number of hydrogen-bond donors (Lipinski definition) is 1. The van der Waals surface area contributed by atoms with Gasteiger partial charge in [-0.2, -0.15) is 0 Å². The van der Waals surface area contributed by atoms with Gasteiger partial charge in [0.1, 0.15) is 6.10 Å². The van der Waals surface area contributed by atoms with E-state index in [1.165, 1.54) is 0 Å². The standard InChI is InChI=1S/C11H9NO2/c13-14-10-5-9-11(10)8-4-2-1-3-7(8)6-12-9/h1-4,6,10,13H,5H2. The van der Waals surface area contributed by atoms with E-state index in [1.807, 2.05) is 30.5 Å². The van der Waals surface area contributed by atoms with Crippen molar-refractivity contribution in [1.29, 1.82) is 0 Å². The van der Waals surface area contributed by atoms with Crippen LogP contribution < -0.4 is 0 Å². The molecule has 1 aliphatic carbocycles. The van der Waals surface area contributed by atoms with Crippen molar-refractivity contribution >= 4 is 10.8 Å². The molecule has 3 nitrogen and oxygen atoms in total. The molecule has 1 heterocycles. The lowest BCUT2D eigenvalue weighted by Gasteiger charge is -2.27. The lowest BCUT2D eigenvalue weighted by Crippen LogP contribution is -2.20. The first-order valence-corrected chi connectivity index (χ1v) is 4.57. The van der Waals surface area contributed by atoms with Gasteiger partial charge in [-0.1, -0.05) is 24.3 Å². The van der Waals surface area contributed by atoms with Crippen LogP contribution in [0.3, 0.4) is 0 Å². The summed E-state index contributed by atoms with van der Waals surface area (Å²) >= 11 is 0. The van der Waals surface area contributed by atoms with Crippen LogP contribution in [0.1, 0.15) is 17.4 Å². The SMILES string of the molecule is OOC1Cc2ncc3ccccc3c21. The van der Waals surface area contributed by atoms with Crippen LogP contribution in [0.2, 0.25) is 0 Å². The molecule has 1 aromatic carbocycles. The van der Waals surface area contributed by atoms with E-state index in [1.54, 1.807) is 0 Å². The summed E-state index contributed by atoms with van der Waals surface area (Å²) in [7, 11) is 0. The van der Waals surface area contributed by atoms with Crippen LogP contribution in [-0.2, 0) is 11.3 Å². The summed E-state index contributed by atoms with van der Waals surface area (Å²) in [4.78, 5) is 8.68. The molecule has 3 rings (SSSR count). The molecule has 1 aromatic heterocycles. The molecule has 0 radical (unpaired) electrons. The second kappa shape index (κ2) is 2.77. The van der Waals surface area contributed by atoms with Crippen molar-refractivity contribution in [3.8, 4) is 0 Å². The van der Waals surface area contributed by atoms with Crippen LogP contribution in [0.15, 0.2) is 30.5 Å². The Labute approximate surface area is 80.9 Å². The number of aromatic nitrogens is 1. The van der Waals surface area contributed by atoms with Gasteiger partial charge in [-0.25, -0.2) is 4.89 Å². The summed E-state index contributed by atoms with van der Waals surface area (Å²) in [5.74, 6) is 0. The summed E-state index contributed by atoms with van der Waals surface area (Å²) in [6.07, 6.45) is 2.38. The van der Waals surface area contributed by atoms with Crippen molar-refractivity contribution in [2.75, 3.05) is 0 Å². The van der Waals surface area contributed by atoms with Gasteiger partial charge in [-0.05, 0) is 5.39 Å². The van der Waals surface area contributed by atoms with Gasteiger partial charge in [0.05, 0.1) is 0 Å². The number of rotatable bonds is 1. The topological polar surface area (TPSA) is 42.4 Å². The predicted molar refractivity (Wildman–Crippen MR) is 51.9 cm³/mol. The van der Waals surface area contributed by atoms with E-state index in [2.05, 4.69) is 9.87 Å². The largest absolute Gasteiger partial charge is 0.260 e. The quantitative estimate of drug-likeness (QED) is 0.550. The van der Waals surface area contributed by atoms with Gasteiger partial charge in [-0.15, -0.1) is 0 Å². The highest BCUT2D eigenvalue weighted by Crippen LogP contribution is 2.38. The molecular weight excluding hydrogens is 178 g/mol. The lowest BCUT2D eigenvalue weighted by molar-refractivity contribution is -0.287. The fourth-order valence-corrected chi connectivity index (χ4v) is 1.99. The Balaban J connectivity index is 2.31. The molecule has 1 unspecified atom stereocenters. The maximum absolute atomic E-state index is 8.66. The Kier molecular flexibility index (Phi) is 1.56. The van der Waals surface area contributed by atoms with Gasteiger partial charge < -0.3 is 0 Å². The van der Waals surface area contributed by atoms with Gasteiger partial charge in [0.2, 0.25) is 0 Å². The van der Waals surface area contributed by atoms with E-state index < -0.39 is 0 Å². The highest BCUT2D eigenvalue weighted by atomic mass is 17.1. The molecule has 1 aliphatic rings. The molecule has 1 N–H and O–H groups in total. The predicted octanol–water partition coefficient (Wildman–Crippen LogP) is 2.32. The van der Waals surface area contributed by atoms with Crippen molar-refractivity contribution in [3.05, 3.63) is 41.7 Å². The molecule has 0 saturated heterocycles. The minimum absolute atomic E-state index is 0.191. The van der Waals surface area contributed by atoms with Crippen LogP contribution in [-0.4, -0.2) is 10.2 Å². The van der Waals surface area contributed by atoms with E-state index in [9.17, 15) is 0 Å². The summed E-state index contributed by atoms with van der Waals surface area (Å²) in [6, 6.07) is 8.00. The zero-order valence-electron chi connectivity index (χ0n) is 7.47. The van der Waals surface area contributed by atoms with Crippen LogP contribution in [0, 0.1) is 0 Å². The zero-order chi connectivity index (χ0) is 9.54. The normalized spacial score (nSPS) is 19.1. The Morgan fingerprint density at radius 2 is 2.21 bits per heavy atom. The number of hydrogen-bond acceptors (Lipinski definition) is 3. The monoisotopic (exact) mass is 187 g/mol. The van der Waals surface area contributed by atoms with Gasteiger partial charge in [0, 0.05) is 29.3 Å². The van der Waals surface area contributed by atoms with E-state index in [4.69, 9.17) is 5.26 Å². The summed E-state index contributed by atoms with van der Waals surface area (Å²) in [6.45, 7) is 0.